The number of aliphatic carboxylic acids is 1. The van der Waals surface area contributed by atoms with Crippen LogP contribution in [0.25, 0.3) is 12.2 Å². The summed E-state index contributed by atoms with van der Waals surface area (Å²) in [6, 6.07) is 6.80. The number of aromatic nitrogens is 1. The molecule has 2 rings (SSSR count). The van der Waals surface area contributed by atoms with E-state index in [1.165, 1.54) is 13.2 Å². The molecule has 0 saturated heterocycles. The van der Waals surface area contributed by atoms with Gasteiger partial charge >= 0.3 is 5.97 Å². The molecule has 0 spiro atoms. The quantitative estimate of drug-likeness (QED) is 0.718. The first-order valence-electron chi connectivity index (χ1n) is 6.08. The molecule has 1 heterocycles. The summed E-state index contributed by atoms with van der Waals surface area (Å²) in [7, 11) is 1.52. The fourth-order valence-corrected chi connectivity index (χ4v) is 2.48. The molecule has 0 aliphatic heterocycles. The average Bonchev–Trinajstić information content (AvgIpc) is 2.77. The van der Waals surface area contributed by atoms with Crippen molar-refractivity contribution in [1.82, 2.24) is 4.98 Å². The van der Waals surface area contributed by atoms with Gasteiger partial charge in [0.15, 0.2) is 0 Å². The molecule has 0 aliphatic rings. The van der Waals surface area contributed by atoms with Gasteiger partial charge in [0, 0.05) is 23.9 Å². The van der Waals surface area contributed by atoms with Gasteiger partial charge in [0.1, 0.15) is 14.9 Å². The minimum absolute atomic E-state index is 0.0212. The summed E-state index contributed by atoms with van der Waals surface area (Å²) in [6.07, 6.45) is 1.98. The second kappa shape index (κ2) is 6.72. The van der Waals surface area contributed by atoms with Gasteiger partial charge in [-0.15, -0.1) is 11.3 Å². The smallest absolute Gasteiger partial charge is 0.329 e. The second-order valence-electron chi connectivity index (χ2n) is 4.13. The van der Waals surface area contributed by atoms with Crippen LogP contribution in [0.15, 0.2) is 29.1 Å². The molecule has 0 atom stereocenters. The number of ether oxygens (including phenoxy) is 1. The monoisotopic (exact) mass is 320 g/mol. The van der Waals surface area contributed by atoms with E-state index in [2.05, 4.69) is 10.3 Å². The van der Waals surface area contributed by atoms with Crippen molar-refractivity contribution in [3.05, 3.63) is 43.8 Å². The van der Waals surface area contributed by atoms with Crippen LogP contribution in [0, 0.1) is 0 Å². The SMILES string of the molecule is COc1cccc(NC(=O)/C=c2\[nH]c(=O)/c(=C\C(=O)O)s2)c1. The Labute approximate surface area is 128 Å². The Morgan fingerprint density at radius 2 is 2.14 bits per heavy atom. The molecule has 22 heavy (non-hydrogen) atoms. The van der Waals surface area contributed by atoms with Crippen LogP contribution in [-0.2, 0) is 9.59 Å². The minimum atomic E-state index is -1.22. The molecule has 0 unspecified atom stereocenters. The van der Waals surface area contributed by atoms with E-state index >= 15 is 0 Å². The molecule has 0 aliphatic carbocycles. The largest absolute Gasteiger partial charge is 0.497 e. The van der Waals surface area contributed by atoms with Gasteiger partial charge in [0.25, 0.3) is 11.5 Å². The van der Waals surface area contributed by atoms with Crippen LogP contribution in [0.5, 0.6) is 5.75 Å². The molecule has 0 bridgehead atoms. The van der Waals surface area contributed by atoms with Crippen LogP contribution in [0.1, 0.15) is 0 Å². The first-order valence-corrected chi connectivity index (χ1v) is 6.90. The van der Waals surface area contributed by atoms with Crippen molar-refractivity contribution in [2.75, 3.05) is 12.4 Å². The maximum Gasteiger partial charge on any atom is 0.329 e. The zero-order valence-electron chi connectivity index (χ0n) is 11.5. The lowest BCUT2D eigenvalue weighted by Crippen LogP contribution is -2.21. The highest BCUT2D eigenvalue weighted by Crippen LogP contribution is 2.16. The summed E-state index contributed by atoms with van der Waals surface area (Å²) in [5.74, 6) is -1.08. The fourth-order valence-electron chi connectivity index (χ4n) is 1.63. The van der Waals surface area contributed by atoms with E-state index in [4.69, 9.17) is 9.84 Å². The van der Waals surface area contributed by atoms with Gasteiger partial charge in [-0.2, -0.15) is 0 Å². The van der Waals surface area contributed by atoms with Crippen LogP contribution in [0.4, 0.5) is 5.69 Å². The Hall–Kier alpha value is -2.87. The summed E-state index contributed by atoms with van der Waals surface area (Å²) < 4.78 is 5.33. The Kier molecular flexibility index (Phi) is 4.74. The number of thiazole rings is 1. The number of H-pyrrole nitrogens is 1. The first kappa shape index (κ1) is 15.5. The van der Waals surface area contributed by atoms with Gasteiger partial charge in [-0.05, 0) is 12.1 Å². The molecule has 1 amide bonds. The number of aromatic amines is 1. The van der Waals surface area contributed by atoms with Gasteiger partial charge in [-0.25, -0.2) is 4.79 Å². The van der Waals surface area contributed by atoms with Crippen LogP contribution >= 0.6 is 11.3 Å². The zero-order chi connectivity index (χ0) is 16.1. The number of methoxy groups -OCH3 is 1. The van der Waals surface area contributed by atoms with Gasteiger partial charge < -0.3 is 20.1 Å². The summed E-state index contributed by atoms with van der Waals surface area (Å²) in [5.41, 5.74) is -0.00958. The Balaban J connectivity index is 2.24. The van der Waals surface area contributed by atoms with Crippen molar-refractivity contribution in [3.8, 4) is 5.75 Å². The fraction of sp³-hybridized carbons (Fsp3) is 0.0714. The molecule has 8 heteroatoms. The van der Waals surface area contributed by atoms with E-state index in [-0.39, 0.29) is 9.20 Å². The number of hydrogen-bond donors (Lipinski definition) is 3. The number of anilines is 1. The molecule has 7 nitrogen and oxygen atoms in total. The highest BCUT2D eigenvalue weighted by molar-refractivity contribution is 7.07. The standard InChI is InChI=1S/C14H12N2O5S/c1-21-9-4-2-3-8(5-9)15-11(17)7-12-16-14(20)10(22-12)6-13(18)19/h2-7H,1H3,(H,15,17)(H,16,20)(H,18,19)/b10-6+,12-7+. The third-order valence-electron chi connectivity index (χ3n) is 2.53. The number of carbonyl (C=O) groups excluding carboxylic acids is 1. The molecule has 1 aromatic carbocycles. The normalized spacial score (nSPS) is 12.2. The van der Waals surface area contributed by atoms with E-state index in [0.717, 1.165) is 17.4 Å². The number of carbonyl (C=O) groups is 2. The van der Waals surface area contributed by atoms with Gasteiger partial charge in [0.05, 0.1) is 7.11 Å². The maximum atomic E-state index is 11.9. The molecule has 0 fully saturated rings. The molecular weight excluding hydrogens is 308 g/mol. The van der Waals surface area contributed by atoms with Gasteiger partial charge in [0.2, 0.25) is 0 Å². The predicted molar refractivity (Wildman–Crippen MR) is 82.4 cm³/mol. The number of amides is 1. The second-order valence-corrected chi connectivity index (χ2v) is 5.22. The van der Waals surface area contributed by atoms with Crippen LogP contribution < -0.4 is 24.8 Å². The highest BCUT2D eigenvalue weighted by Gasteiger charge is 2.02. The number of carboxylic acid groups (broad SMARTS) is 1. The van der Waals surface area contributed by atoms with E-state index in [9.17, 15) is 14.4 Å². The number of nitrogens with one attached hydrogen (secondary N) is 2. The summed E-state index contributed by atoms with van der Waals surface area (Å²) >= 11 is 0.889. The lowest BCUT2D eigenvalue weighted by molar-refractivity contribution is -0.129. The highest BCUT2D eigenvalue weighted by atomic mass is 32.1. The van der Waals surface area contributed by atoms with E-state index in [1.54, 1.807) is 24.3 Å². The van der Waals surface area contributed by atoms with Crippen molar-refractivity contribution in [2.45, 2.75) is 0 Å². The van der Waals surface area contributed by atoms with Crippen molar-refractivity contribution in [1.29, 1.82) is 0 Å². The topological polar surface area (TPSA) is 108 Å². The van der Waals surface area contributed by atoms with E-state index in [1.807, 2.05) is 0 Å². The Morgan fingerprint density at radius 3 is 2.82 bits per heavy atom. The van der Waals surface area contributed by atoms with Crippen molar-refractivity contribution >= 4 is 41.1 Å². The Morgan fingerprint density at radius 1 is 1.36 bits per heavy atom. The molecule has 2 aromatic rings. The lowest BCUT2D eigenvalue weighted by atomic mass is 10.3. The van der Waals surface area contributed by atoms with Crippen LogP contribution in [0.3, 0.4) is 0 Å². The average molecular weight is 320 g/mol. The van der Waals surface area contributed by atoms with Crippen molar-refractivity contribution < 1.29 is 19.4 Å². The first-order chi connectivity index (χ1) is 10.5. The van der Waals surface area contributed by atoms with Gasteiger partial charge in [-0.3, -0.25) is 9.59 Å². The molecule has 1 aromatic heterocycles. The number of carboxylic acids is 1. The maximum absolute atomic E-state index is 11.9. The van der Waals surface area contributed by atoms with Gasteiger partial charge in [-0.1, -0.05) is 6.07 Å². The van der Waals surface area contributed by atoms with Crippen LogP contribution in [0.2, 0.25) is 0 Å². The molecule has 0 saturated carbocycles. The molecule has 0 radical (unpaired) electrons. The minimum Gasteiger partial charge on any atom is -0.497 e. The molecule has 3 N–H and O–H groups in total. The van der Waals surface area contributed by atoms with E-state index < -0.39 is 17.4 Å². The Bertz CT molecular complexity index is 881. The number of benzene rings is 1. The summed E-state index contributed by atoms with van der Waals surface area (Å²) in [6.45, 7) is 0. The van der Waals surface area contributed by atoms with Crippen molar-refractivity contribution in [2.24, 2.45) is 0 Å². The molecular formula is C14H12N2O5S. The third-order valence-corrected chi connectivity index (χ3v) is 3.50. The third kappa shape index (κ3) is 4.06. The molecule has 114 valence electrons. The number of hydrogen-bond acceptors (Lipinski definition) is 5. The van der Waals surface area contributed by atoms with Crippen molar-refractivity contribution in [3.63, 3.8) is 0 Å². The van der Waals surface area contributed by atoms with E-state index in [0.29, 0.717) is 11.4 Å². The lowest BCUT2D eigenvalue weighted by Gasteiger charge is -2.04. The predicted octanol–water partition coefficient (Wildman–Crippen LogP) is -0.271. The summed E-state index contributed by atoms with van der Waals surface area (Å²) in [4.78, 5) is 36.3. The zero-order valence-corrected chi connectivity index (χ0v) is 12.3. The van der Waals surface area contributed by atoms with Crippen LogP contribution in [-0.4, -0.2) is 29.1 Å². The summed E-state index contributed by atoms with van der Waals surface area (Å²) in [5, 5.41) is 11.2. The number of rotatable bonds is 4.